The maximum absolute atomic E-state index is 6.01. The van der Waals surface area contributed by atoms with Crippen LogP contribution in [0.25, 0.3) is 0 Å². The molecule has 1 N–H and O–H groups in total. The minimum atomic E-state index is 0.269. The number of hydrogen-bond acceptors (Lipinski definition) is 2. The topological polar surface area (TPSA) is 21.3 Å². The van der Waals surface area contributed by atoms with E-state index in [0.717, 1.165) is 29.7 Å². The predicted octanol–water partition coefficient (Wildman–Crippen LogP) is 3.81. The maximum atomic E-state index is 6.01. The zero-order valence-electron chi connectivity index (χ0n) is 11.5. The zero-order chi connectivity index (χ0) is 13.2. The Morgan fingerprint density at radius 2 is 2.26 bits per heavy atom. The first-order chi connectivity index (χ1) is 9.20. The lowest BCUT2D eigenvalue weighted by atomic mass is 9.87. The normalized spacial score (nSPS) is 29.9. The molecule has 1 heterocycles. The number of rotatable bonds is 3. The highest BCUT2D eigenvalue weighted by Crippen LogP contribution is 2.31. The Labute approximate surface area is 120 Å². The Morgan fingerprint density at radius 1 is 1.37 bits per heavy atom. The van der Waals surface area contributed by atoms with Crippen LogP contribution in [0.2, 0.25) is 5.02 Å². The van der Waals surface area contributed by atoms with Crippen molar-refractivity contribution in [2.75, 3.05) is 6.54 Å². The third-order valence-corrected chi connectivity index (χ3v) is 4.57. The van der Waals surface area contributed by atoms with E-state index in [-0.39, 0.29) is 6.10 Å². The molecule has 3 unspecified atom stereocenters. The lowest BCUT2D eigenvalue weighted by Crippen LogP contribution is -2.39. The highest BCUT2D eigenvalue weighted by Gasteiger charge is 2.25. The van der Waals surface area contributed by atoms with Gasteiger partial charge < -0.3 is 10.1 Å². The van der Waals surface area contributed by atoms with E-state index in [1.165, 1.54) is 31.2 Å². The molecule has 3 heteroatoms. The van der Waals surface area contributed by atoms with Crippen LogP contribution in [0, 0.1) is 5.92 Å². The fourth-order valence-corrected chi connectivity index (χ4v) is 3.52. The second-order valence-electron chi connectivity index (χ2n) is 6.07. The molecule has 1 aliphatic heterocycles. The van der Waals surface area contributed by atoms with Crippen LogP contribution in [-0.2, 0) is 6.42 Å². The van der Waals surface area contributed by atoms with Crippen molar-refractivity contribution in [3.05, 3.63) is 28.8 Å². The summed E-state index contributed by atoms with van der Waals surface area (Å²) >= 11 is 6.01. The van der Waals surface area contributed by atoms with Gasteiger partial charge >= 0.3 is 0 Å². The van der Waals surface area contributed by atoms with Crippen LogP contribution in [0.1, 0.15) is 38.2 Å². The van der Waals surface area contributed by atoms with Gasteiger partial charge in [0.1, 0.15) is 11.9 Å². The van der Waals surface area contributed by atoms with Crippen molar-refractivity contribution in [2.24, 2.45) is 5.92 Å². The second-order valence-corrected chi connectivity index (χ2v) is 6.51. The van der Waals surface area contributed by atoms with E-state index in [1.807, 2.05) is 18.2 Å². The van der Waals surface area contributed by atoms with Gasteiger partial charge in [0.05, 0.1) is 0 Å². The molecule has 1 aromatic rings. The van der Waals surface area contributed by atoms with E-state index in [2.05, 4.69) is 12.2 Å². The first kappa shape index (κ1) is 13.3. The predicted molar refractivity (Wildman–Crippen MR) is 79.0 cm³/mol. The number of halogens is 1. The van der Waals surface area contributed by atoms with Gasteiger partial charge in [0.15, 0.2) is 0 Å². The van der Waals surface area contributed by atoms with Gasteiger partial charge in [-0.25, -0.2) is 0 Å². The lowest BCUT2D eigenvalue weighted by Gasteiger charge is -2.28. The molecule has 0 spiro atoms. The van der Waals surface area contributed by atoms with Crippen molar-refractivity contribution >= 4 is 11.6 Å². The highest BCUT2D eigenvalue weighted by atomic mass is 35.5. The number of hydrogen-bond donors (Lipinski definition) is 1. The molecule has 1 fully saturated rings. The lowest BCUT2D eigenvalue weighted by molar-refractivity contribution is 0.207. The zero-order valence-corrected chi connectivity index (χ0v) is 12.2. The quantitative estimate of drug-likeness (QED) is 0.908. The average molecular weight is 280 g/mol. The van der Waals surface area contributed by atoms with E-state index in [9.17, 15) is 0 Å². The Morgan fingerprint density at radius 3 is 3.11 bits per heavy atom. The van der Waals surface area contributed by atoms with E-state index in [4.69, 9.17) is 16.3 Å². The third-order valence-electron chi connectivity index (χ3n) is 4.33. The monoisotopic (exact) mass is 279 g/mol. The summed E-state index contributed by atoms with van der Waals surface area (Å²) in [5.74, 6) is 1.87. The Bertz CT molecular complexity index is 448. The van der Waals surface area contributed by atoms with Crippen molar-refractivity contribution in [2.45, 2.75) is 51.2 Å². The van der Waals surface area contributed by atoms with Crippen LogP contribution in [0.3, 0.4) is 0 Å². The molecule has 19 heavy (non-hydrogen) atoms. The molecule has 3 atom stereocenters. The Kier molecular flexibility index (Phi) is 3.99. The summed E-state index contributed by atoms with van der Waals surface area (Å²) in [6.07, 6.45) is 6.63. The number of benzene rings is 1. The van der Waals surface area contributed by atoms with E-state index in [1.54, 1.807) is 0 Å². The van der Waals surface area contributed by atoms with Gasteiger partial charge in [-0.1, -0.05) is 31.4 Å². The molecule has 0 amide bonds. The molecule has 0 radical (unpaired) electrons. The molecule has 1 aromatic carbocycles. The summed E-state index contributed by atoms with van der Waals surface area (Å²) in [5, 5.41) is 4.49. The molecular weight excluding hydrogens is 258 g/mol. The molecule has 2 aliphatic rings. The summed E-state index contributed by atoms with van der Waals surface area (Å²) < 4.78 is 5.96. The van der Waals surface area contributed by atoms with Gasteiger partial charge in [0.25, 0.3) is 0 Å². The first-order valence-electron chi connectivity index (χ1n) is 7.39. The van der Waals surface area contributed by atoms with Crippen LogP contribution >= 0.6 is 11.6 Å². The minimum Gasteiger partial charge on any atom is -0.488 e. The summed E-state index contributed by atoms with van der Waals surface area (Å²) in [6, 6.07) is 6.60. The van der Waals surface area contributed by atoms with Gasteiger partial charge in [-0.3, -0.25) is 0 Å². The number of ether oxygens (including phenoxy) is 1. The standard InChI is InChI=1S/C16H22ClNO/c1-11-3-2-4-14(7-11)18-10-15-9-12-8-13(17)5-6-16(12)19-15/h5-6,8,11,14-15,18H,2-4,7,9-10H2,1H3. The van der Waals surface area contributed by atoms with E-state index in [0.29, 0.717) is 6.04 Å². The van der Waals surface area contributed by atoms with Gasteiger partial charge in [-0.15, -0.1) is 0 Å². The highest BCUT2D eigenvalue weighted by molar-refractivity contribution is 6.30. The molecule has 0 aromatic heterocycles. The molecule has 1 saturated carbocycles. The number of nitrogens with one attached hydrogen (secondary N) is 1. The van der Waals surface area contributed by atoms with Crippen molar-refractivity contribution in [1.82, 2.24) is 5.32 Å². The van der Waals surface area contributed by atoms with Crippen LogP contribution in [0.4, 0.5) is 0 Å². The van der Waals surface area contributed by atoms with Crippen LogP contribution in [0.15, 0.2) is 18.2 Å². The van der Waals surface area contributed by atoms with Gasteiger partial charge in [0, 0.05) is 24.0 Å². The smallest absolute Gasteiger partial charge is 0.123 e. The van der Waals surface area contributed by atoms with Gasteiger partial charge in [0.2, 0.25) is 0 Å². The van der Waals surface area contributed by atoms with E-state index < -0.39 is 0 Å². The van der Waals surface area contributed by atoms with E-state index >= 15 is 0 Å². The molecule has 1 aliphatic carbocycles. The SMILES string of the molecule is CC1CCCC(NCC2Cc3cc(Cl)ccc3O2)C1. The van der Waals surface area contributed by atoms with Crippen molar-refractivity contribution in [1.29, 1.82) is 0 Å². The molecule has 0 bridgehead atoms. The molecule has 0 saturated heterocycles. The van der Waals surface area contributed by atoms with Gasteiger partial charge in [-0.05, 0) is 42.5 Å². The molecule has 104 valence electrons. The Hall–Kier alpha value is -0.730. The van der Waals surface area contributed by atoms with Crippen LogP contribution < -0.4 is 10.1 Å². The minimum absolute atomic E-state index is 0.269. The maximum Gasteiger partial charge on any atom is 0.123 e. The van der Waals surface area contributed by atoms with Gasteiger partial charge in [-0.2, -0.15) is 0 Å². The van der Waals surface area contributed by atoms with Crippen molar-refractivity contribution in [3.8, 4) is 5.75 Å². The van der Waals surface area contributed by atoms with Crippen molar-refractivity contribution < 1.29 is 4.74 Å². The van der Waals surface area contributed by atoms with Crippen LogP contribution in [-0.4, -0.2) is 18.7 Å². The Balaban J connectivity index is 1.50. The summed E-state index contributed by atoms with van der Waals surface area (Å²) in [7, 11) is 0. The second kappa shape index (κ2) is 5.72. The number of fused-ring (bicyclic) bond motifs is 1. The summed E-state index contributed by atoms with van der Waals surface area (Å²) in [5.41, 5.74) is 1.25. The largest absolute Gasteiger partial charge is 0.488 e. The summed E-state index contributed by atoms with van der Waals surface area (Å²) in [6.45, 7) is 3.31. The molecule has 3 rings (SSSR count). The third kappa shape index (κ3) is 3.24. The van der Waals surface area contributed by atoms with Crippen molar-refractivity contribution in [3.63, 3.8) is 0 Å². The summed E-state index contributed by atoms with van der Waals surface area (Å²) in [4.78, 5) is 0. The molecular formula is C16H22ClNO. The fraction of sp³-hybridized carbons (Fsp3) is 0.625. The first-order valence-corrected chi connectivity index (χ1v) is 7.77. The van der Waals surface area contributed by atoms with Crippen LogP contribution in [0.5, 0.6) is 5.75 Å². The average Bonchev–Trinajstić information content (AvgIpc) is 2.78. The fourth-order valence-electron chi connectivity index (χ4n) is 3.32. The molecule has 2 nitrogen and oxygen atoms in total.